The van der Waals surface area contributed by atoms with Crippen molar-refractivity contribution in [2.75, 3.05) is 11.9 Å². The van der Waals surface area contributed by atoms with Crippen LogP contribution in [0, 0.1) is 0 Å². The number of aliphatic hydroxyl groups excluding tert-OH is 1. The first-order valence-corrected chi connectivity index (χ1v) is 6.27. The van der Waals surface area contributed by atoms with Crippen molar-refractivity contribution >= 4 is 17.5 Å². The molecule has 5 nitrogen and oxygen atoms in total. The number of anilines is 1. The van der Waals surface area contributed by atoms with Gasteiger partial charge >= 0.3 is 11.8 Å². The average Bonchev–Trinajstić information content (AvgIpc) is 2.36. The van der Waals surface area contributed by atoms with Gasteiger partial charge in [-0.25, -0.2) is 0 Å². The van der Waals surface area contributed by atoms with E-state index in [2.05, 4.69) is 24.5 Å². The van der Waals surface area contributed by atoms with Crippen LogP contribution in [0.3, 0.4) is 0 Å². The second-order valence-electron chi connectivity index (χ2n) is 4.79. The van der Waals surface area contributed by atoms with E-state index < -0.39 is 17.9 Å². The molecule has 0 fully saturated rings. The molecule has 2 amide bonds. The number of hydrogen-bond donors (Lipinski definition) is 3. The molecule has 0 spiro atoms. The molecule has 104 valence electrons. The van der Waals surface area contributed by atoms with Crippen molar-refractivity contribution in [3.8, 4) is 0 Å². The van der Waals surface area contributed by atoms with Gasteiger partial charge in [0, 0.05) is 12.2 Å². The van der Waals surface area contributed by atoms with Crippen molar-refractivity contribution < 1.29 is 14.7 Å². The van der Waals surface area contributed by atoms with Crippen LogP contribution < -0.4 is 10.6 Å². The van der Waals surface area contributed by atoms with E-state index in [0.717, 1.165) is 5.56 Å². The number of hydrogen-bond acceptors (Lipinski definition) is 3. The fourth-order valence-electron chi connectivity index (χ4n) is 1.46. The van der Waals surface area contributed by atoms with Crippen molar-refractivity contribution in [3.05, 3.63) is 29.8 Å². The summed E-state index contributed by atoms with van der Waals surface area (Å²) in [5, 5.41) is 13.8. The lowest BCUT2D eigenvalue weighted by Crippen LogP contribution is -2.38. The van der Waals surface area contributed by atoms with Crippen LogP contribution in [0.2, 0.25) is 0 Å². The molecule has 1 aromatic carbocycles. The molecule has 1 unspecified atom stereocenters. The third-order valence-electron chi connectivity index (χ3n) is 2.60. The largest absolute Gasteiger partial charge is 0.392 e. The number of nitrogens with one attached hydrogen (secondary N) is 2. The Morgan fingerprint density at radius 1 is 1.11 bits per heavy atom. The lowest BCUT2D eigenvalue weighted by molar-refractivity contribution is -0.136. The fraction of sp³-hybridized carbons (Fsp3) is 0.429. The number of carbonyl (C=O) groups is 2. The first-order chi connectivity index (χ1) is 8.90. The van der Waals surface area contributed by atoms with Gasteiger partial charge in [-0.15, -0.1) is 0 Å². The van der Waals surface area contributed by atoms with E-state index in [9.17, 15) is 9.59 Å². The molecule has 3 N–H and O–H groups in total. The summed E-state index contributed by atoms with van der Waals surface area (Å²) in [5.41, 5.74) is 1.73. The highest BCUT2D eigenvalue weighted by Crippen LogP contribution is 2.16. The predicted molar refractivity (Wildman–Crippen MR) is 73.9 cm³/mol. The van der Waals surface area contributed by atoms with Gasteiger partial charge in [0.15, 0.2) is 0 Å². The molecule has 1 atom stereocenters. The molecule has 0 radical (unpaired) electrons. The molecule has 0 saturated heterocycles. The van der Waals surface area contributed by atoms with Crippen LogP contribution in [0.1, 0.15) is 32.3 Å². The normalized spacial score (nSPS) is 12.1. The number of amides is 2. The summed E-state index contributed by atoms with van der Waals surface area (Å²) in [5.74, 6) is -1.08. The van der Waals surface area contributed by atoms with Gasteiger partial charge in [0.2, 0.25) is 0 Å². The zero-order valence-corrected chi connectivity index (χ0v) is 11.4. The van der Waals surface area contributed by atoms with E-state index in [1.807, 2.05) is 12.1 Å². The Bertz CT molecular complexity index is 439. The molecule has 0 aliphatic rings. The summed E-state index contributed by atoms with van der Waals surface area (Å²) in [4.78, 5) is 22.9. The van der Waals surface area contributed by atoms with Crippen molar-refractivity contribution in [2.45, 2.75) is 32.8 Å². The fourth-order valence-corrected chi connectivity index (χ4v) is 1.46. The lowest BCUT2D eigenvalue weighted by atomic mass is 10.0. The summed E-state index contributed by atoms with van der Waals surface area (Å²) in [6, 6.07) is 7.34. The van der Waals surface area contributed by atoms with Crippen molar-refractivity contribution in [1.29, 1.82) is 0 Å². The Labute approximate surface area is 113 Å². The molecule has 0 saturated carbocycles. The summed E-state index contributed by atoms with van der Waals surface area (Å²) >= 11 is 0. The molecule has 0 aromatic heterocycles. The molecule has 0 aliphatic heterocycles. The summed E-state index contributed by atoms with van der Waals surface area (Å²) in [7, 11) is 0. The Balaban J connectivity index is 2.54. The van der Waals surface area contributed by atoms with E-state index in [1.165, 1.54) is 6.92 Å². The summed E-state index contributed by atoms with van der Waals surface area (Å²) in [6.45, 7) is 5.75. The second-order valence-corrected chi connectivity index (χ2v) is 4.79. The van der Waals surface area contributed by atoms with Crippen molar-refractivity contribution in [3.63, 3.8) is 0 Å². The lowest BCUT2D eigenvalue weighted by Gasteiger charge is -2.09. The predicted octanol–water partition coefficient (Wildman–Crippen LogP) is 1.25. The van der Waals surface area contributed by atoms with Crippen LogP contribution in [0.25, 0.3) is 0 Å². The van der Waals surface area contributed by atoms with Crippen LogP contribution in [-0.2, 0) is 9.59 Å². The van der Waals surface area contributed by atoms with Crippen molar-refractivity contribution in [1.82, 2.24) is 5.32 Å². The third kappa shape index (κ3) is 5.09. The first-order valence-electron chi connectivity index (χ1n) is 6.27. The Morgan fingerprint density at radius 3 is 2.16 bits per heavy atom. The number of rotatable bonds is 4. The number of carbonyl (C=O) groups excluding carboxylic acids is 2. The summed E-state index contributed by atoms with van der Waals surface area (Å²) in [6.07, 6.45) is -0.679. The number of aliphatic hydroxyl groups is 1. The quantitative estimate of drug-likeness (QED) is 0.716. The Hall–Kier alpha value is -1.88. The maximum atomic E-state index is 11.5. The van der Waals surface area contributed by atoms with Gasteiger partial charge in [0.05, 0.1) is 6.10 Å². The molecule has 0 bridgehead atoms. The molecule has 1 aromatic rings. The Kier molecular flexibility index (Phi) is 5.51. The zero-order chi connectivity index (χ0) is 14.4. The third-order valence-corrected chi connectivity index (χ3v) is 2.60. The minimum absolute atomic E-state index is 0.0541. The minimum atomic E-state index is -0.756. The van der Waals surface area contributed by atoms with E-state index in [0.29, 0.717) is 11.6 Å². The van der Waals surface area contributed by atoms with Gasteiger partial charge in [-0.2, -0.15) is 0 Å². The molecule has 1 rings (SSSR count). The SMILES string of the molecule is CC(O)CNC(=O)C(=O)Nc1ccc(C(C)C)cc1. The second kappa shape index (κ2) is 6.89. The van der Waals surface area contributed by atoms with Gasteiger partial charge in [0.25, 0.3) is 0 Å². The van der Waals surface area contributed by atoms with E-state index in [4.69, 9.17) is 5.11 Å². The molecule has 19 heavy (non-hydrogen) atoms. The van der Waals surface area contributed by atoms with Crippen LogP contribution in [0.4, 0.5) is 5.69 Å². The van der Waals surface area contributed by atoms with Gasteiger partial charge in [-0.05, 0) is 30.5 Å². The van der Waals surface area contributed by atoms with E-state index in [-0.39, 0.29) is 6.54 Å². The summed E-state index contributed by atoms with van der Waals surface area (Å²) < 4.78 is 0. The Morgan fingerprint density at radius 2 is 1.68 bits per heavy atom. The van der Waals surface area contributed by atoms with Crippen LogP contribution in [-0.4, -0.2) is 29.6 Å². The minimum Gasteiger partial charge on any atom is -0.392 e. The molecular formula is C14H20N2O3. The van der Waals surface area contributed by atoms with Crippen LogP contribution in [0.5, 0.6) is 0 Å². The maximum Gasteiger partial charge on any atom is 0.313 e. The van der Waals surface area contributed by atoms with E-state index in [1.54, 1.807) is 12.1 Å². The molecular weight excluding hydrogens is 244 g/mol. The zero-order valence-electron chi connectivity index (χ0n) is 11.4. The van der Waals surface area contributed by atoms with Crippen molar-refractivity contribution in [2.24, 2.45) is 0 Å². The van der Waals surface area contributed by atoms with Crippen LogP contribution >= 0.6 is 0 Å². The average molecular weight is 264 g/mol. The van der Waals surface area contributed by atoms with Crippen LogP contribution in [0.15, 0.2) is 24.3 Å². The highest BCUT2D eigenvalue weighted by molar-refractivity contribution is 6.39. The maximum absolute atomic E-state index is 11.5. The van der Waals surface area contributed by atoms with Gasteiger partial charge < -0.3 is 15.7 Å². The molecule has 0 heterocycles. The monoisotopic (exact) mass is 264 g/mol. The van der Waals surface area contributed by atoms with Gasteiger partial charge in [-0.1, -0.05) is 26.0 Å². The smallest absolute Gasteiger partial charge is 0.313 e. The topological polar surface area (TPSA) is 78.4 Å². The number of benzene rings is 1. The first kappa shape index (κ1) is 15.2. The highest BCUT2D eigenvalue weighted by atomic mass is 16.3. The molecule has 0 aliphatic carbocycles. The highest BCUT2D eigenvalue weighted by Gasteiger charge is 2.13. The van der Waals surface area contributed by atoms with Gasteiger partial charge in [-0.3, -0.25) is 9.59 Å². The molecule has 5 heteroatoms. The standard InChI is InChI=1S/C14H20N2O3/c1-9(2)11-4-6-12(7-5-11)16-14(19)13(18)15-8-10(3)17/h4-7,9-10,17H,8H2,1-3H3,(H,15,18)(H,16,19). The van der Waals surface area contributed by atoms with E-state index >= 15 is 0 Å². The van der Waals surface area contributed by atoms with Gasteiger partial charge in [0.1, 0.15) is 0 Å².